The second-order valence-electron chi connectivity index (χ2n) is 5.39. The lowest BCUT2D eigenvalue weighted by Gasteiger charge is -2.27. The predicted octanol–water partition coefficient (Wildman–Crippen LogP) is 2.02. The standard InChI is InChI=1S/C15H20BrN3O2/c16-11-2-1-3-13(8-11)19-14(20)9-18-12-6-4-10(5-7-12)15(17)21/h1-3,8,10,12,18H,4-7,9H2,(H2,17,21)(H,19,20). The van der Waals surface area contributed by atoms with Crippen LogP contribution in [0.4, 0.5) is 5.69 Å². The summed E-state index contributed by atoms with van der Waals surface area (Å²) in [6.45, 7) is 0.276. The van der Waals surface area contributed by atoms with Gasteiger partial charge in [0.05, 0.1) is 6.54 Å². The zero-order valence-corrected chi connectivity index (χ0v) is 13.4. The summed E-state index contributed by atoms with van der Waals surface area (Å²) in [5.74, 6) is -0.274. The van der Waals surface area contributed by atoms with Gasteiger partial charge >= 0.3 is 0 Å². The van der Waals surface area contributed by atoms with Crippen molar-refractivity contribution in [3.63, 3.8) is 0 Å². The molecule has 0 spiro atoms. The molecule has 21 heavy (non-hydrogen) atoms. The fourth-order valence-electron chi connectivity index (χ4n) is 2.59. The van der Waals surface area contributed by atoms with E-state index in [1.54, 1.807) is 0 Å². The van der Waals surface area contributed by atoms with Gasteiger partial charge in [-0.05, 0) is 43.9 Å². The molecule has 4 N–H and O–H groups in total. The van der Waals surface area contributed by atoms with Gasteiger partial charge in [-0.2, -0.15) is 0 Å². The SMILES string of the molecule is NC(=O)C1CCC(NCC(=O)Nc2cccc(Br)c2)CC1. The Balaban J connectivity index is 1.71. The molecule has 0 heterocycles. The van der Waals surface area contributed by atoms with Crippen molar-refractivity contribution in [3.05, 3.63) is 28.7 Å². The van der Waals surface area contributed by atoms with E-state index in [4.69, 9.17) is 5.73 Å². The van der Waals surface area contributed by atoms with Crippen molar-refractivity contribution in [1.29, 1.82) is 0 Å². The minimum absolute atomic E-state index is 0.00135. The van der Waals surface area contributed by atoms with Crippen molar-refractivity contribution >= 4 is 33.4 Å². The van der Waals surface area contributed by atoms with Gasteiger partial charge in [0, 0.05) is 22.1 Å². The number of amides is 2. The highest BCUT2D eigenvalue weighted by atomic mass is 79.9. The third-order valence-corrected chi connectivity index (χ3v) is 4.28. The lowest BCUT2D eigenvalue weighted by Crippen LogP contribution is -2.40. The molecule has 1 aliphatic rings. The third-order valence-electron chi connectivity index (χ3n) is 3.79. The maximum absolute atomic E-state index is 11.9. The molecule has 0 saturated heterocycles. The maximum atomic E-state index is 11.9. The number of anilines is 1. The molecule has 6 heteroatoms. The Morgan fingerprint density at radius 3 is 2.57 bits per heavy atom. The van der Waals surface area contributed by atoms with Gasteiger partial charge < -0.3 is 16.4 Å². The number of carbonyl (C=O) groups excluding carboxylic acids is 2. The molecule has 1 aliphatic carbocycles. The van der Waals surface area contributed by atoms with Crippen LogP contribution in [0.25, 0.3) is 0 Å². The Bertz CT molecular complexity index is 513. The van der Waals surface area contributed by atoms with Gasteiger partial charge in [-0.15, -0.1) is 0 Å². The van der Waals surface area contributed by atoms with Crippen LogP contribution in [0.15, 0.2) is 28.7 Å². The summed E-state index contributed by atoms with van der Waals surface area (Å²) in [6, 6.07) is 7.77. The Morgan fingerprint density at radius 2 is 1.95 bits per heavy atom. The van der Waals surface area contributed by atoms with Crippen molar-refractivity contribution in [2.24, 2.45) is 11.7 Å². The Kier molecular flexibility index (Phi) is 5.76. The molecular formula is C15H20BrN3O2. The number of hydrogen-bond donors (Lipinski definition) is 3. The van der Waals surface area contributed by atoms with Gasteiger partial charge in [0.25, 0.3) is 0 Å². The van der Waals surface area contributed by atoms with Gasteiger partial charge in [0.2, 0.25) is 11.8 Å². The van der Waals surface area contributed by atoms with E-state index in [2.05, 4.69) is 26.6 Å². The largest absolute Gasteiger partial charge is 0.369 e. The number of hydrogen-bond acceptors (Lipinski definition) is 3. The molecule has 2 amide bonds. The van der Waals surface area contributed by atoms with Crippen LogP contribution in [-0.4, -0.2) is 24.4 Å². The molecule has 0 bridgehead atoms. The van der Waals surface area contributed by atoms with Crippen LogP contribution in [0.2, 0.25) is 0 Å². The van der Waals surface area contributed by atoms with Crippen molar-refractivity contribution < 1.29 is 9.59 Å². The maximum Gasteiger partial charge on any atom is 0.238 e. The second-order valence-corrected chi connectivity index (χ2v) is 6.31. The highest BCUT2D eigenvalue weighted by Crippen LogP contribution is 2.23. The summed E-state index contributed by atoms with van der Waals surface area (Å²) in [5.41, 5.74) is 6.08. The minimum atomic E-state index is -0.208. The van der Waals surface area contributed by atoms with Gasteiger partial charge in [0.15, 0.2) is 0 Å². The van der Waals surface area contributed by atoms with E-state index in [-0.39, 0.29) is 30.3 Å². The highest BCUT2D eigenvalue weighted by Gasteiger charge is 2.24. The molecular weight excluding hydrogens is 334 g/mol. The summed E-state index contributed by atoms with van der Waals surface area (Å²) in [6.07, 6.45) is 3.38. The molecule has 0 aromatic heterocycles. The predicted molar refractivity (Wildman–Crippen MR) is 85.7 cm³/mol. The molecule has 2 rings (SSSR count). The van der Waals surface area contributed by atoms with E-state index >= 15 is 0 Å². The zero-order chi connectivity index (χ0) is 15.2. The lowest BCUT2D eigenvalue weighted by molar-refractivity contribution is -0.123. The number of halogens is 1. The third kappa shape index (κ3) is 5.13. The first-order valence-corrected chi connectivity index (χ1v) is 7.92. The summed E-state index contributed by atoms with van der Waals surface area (Å²) in [4.78, 5) is 23.0. The topological polar surface area (TPSA) is 84.2 Å². The van der Waals surface area contributed by atoms with Crippen LogP contribution in [0.1, 0.15) is 25.7 Å². The molecule has 1 aromatic rings. The molecule has 1 aromatic carbocycles. The number of primary amides is 1. The number of benzene rings is 1. The summed E-state index contributed by atoms with van der Waals surface area (Å²) in [7, 11) is 0. The molecule has 0 aliphatic heterocycles. The zero-order valence-electron chi connectivity index (χ0n) is 11.8. The number of rotatable bonds is 5. The van der Waals surface area contributed by atoms with Gasteiger partial charge in [-0.1, -0.05) is 22.0 Å². The normalized spacial score (nSPS) is 21.8. The number of nitrogens with one attached hydrogen (secondary N) is 2. The quantitative estimate of drug-likeness (QED) is 0.756. The summed E-state index contributed by atoms with van der Waals surface area (Å²) >= 11 is 3.37. The lowest BCUT2D eigenvalue weighted by atomic mass is 9.85. The highest BCUT2D eigenvalue weighted by molar-refractivity contribution is 9.10. The molecule has 5 nitrogen and oxygen atoms in total. The minimum Gasteiger partial charge on any atom is -0.369 e. The van der Waals surface area contributed by atoms with E-state index in [1.165, 1.54) is 0 Å². The van der Waals surface area contributed by atoms with E-state index in [1.807, 2.05) is 24.3 Å². The van der Waals surface area contributed by atoms with Crippen LogP contribution < -0.4 is 16.4 Å². The average Bonchev–Trinajstić information content (AvgIpc) is 2.45. The number of nitrogens with two attached hydrogens (primary N) is 1. The molecule has 1 saturated carbocycles. The summed E-state index contributed by atoms with van der Waals surface area (Å²) in [5, 5.41) is 6.08. The molecule has 114 valence electrons. The first kappa shape index (κ1) is 16.0. The van der Waals surface area contributed by atoms with Crippen molar-refractivity contribution in [1.82, 2.24) is 5.32 Å². The van der Waals surface area contributed by atoms with E-state index in [0.717, 1.165) is 35.8 Å². The first-order valence-electron chi connectivity index (χ1n) is 7.12. The molecule has 0 radical (unpaired) electrons. The Hall–Kier alpha value is -1.40. The van der Waals surface area contributed by atoms with Crippen LogP contribution in [0.5, 0.6) is 0 Å². The van der Waals surface area contributed by atoms with Crippen LogP contribution >= 0.6 is 15.9 Å². The second kappa shape index (κ2) is 7.56. The van der Waals surface area contributed by atoms with E-state index in [0.29, 0.717) is 0 Å². The van der Waals surface area contributed by atoms with Crippen molar-refractivity contribution in [2.75, 3.05) is 11.9 Å². The molecule has 0 unspecified atom stereocenters. The van der Waals surface area contributed by atoms with Gasteiger partial charge in [0.1, 0.15) is 0 Å². The number of carbonyl (C=O) groups is 2. The van der Waals surface area contributed by atoms with Crippen molar-refractivity contribution in [3.8, 4) is 0 Å². The Labute approximate surface area is 132 Å². The smallest absolute Gasteiger partial charge is 0.238 e. The van der Waals surface area contributed by atoms with Gasteiger partial charge in [-0.3, -0.25) is 9.59 Å². The van der Waals surface area contributed by atoms with E-state index < -0.39 is 0 Å². The molecule has 0 atom stereocenters. The van der Waals surface area contributed by atoms with Crippen LogP contribution in [-0.2, 0) is 9.59 Å². The average molecular weight is 354 g/mol. The molecule has 1 fully saturated rings. The summed E-state index contributed by atoms with van der Waals surface area (Å²) < 4.78 is 0.929. The van der Waals surface area contributed by atoms with E-state index in [9.17, 15) is 9.59 Å². The monoisotopic (exact) mass is 353 g/mol. The van der Waals surface area contributed by atoms with Crippen LogP contribution in [0, 0.1) is 5.92 Å². The van der Waals surface area contributed by atoms with Crippen molar-refractivity contribution in [2.45, 2.75) is 31.7 Å². The fraction of sp³-hybridized carbons (Fsp3) is 0.467. The first-order chi connectivity index (χ1) is 10.0. The fourth-order valence-corrected chi connectivity index (χ4v) is 2.99. The van der Waals surface area contributed by atoms with Gasteiger partial charge in [-0.25, -0.2) is 0 Å². The Morgan fingerprint density at radius 1 is 1.24 bits per heavy atom. The van der Waals surface area contributed by atoms with Crippen LogP contribution in [0.3, 0.4) is 0 Å².